The van der Waals surface area contributed by atoms with E-state index in [-0.39, 0.29) is 36.0 Å². The number of rotatable bonds is 8. The first kappa shape index (κ1) is 20.7. The van der Waals surface area contributed by atoms with Gasteiger partial charge in [-0.25, -0.2) is 0 Å². The van der Waals surface area contributed by atoms with Crippen molar-refractivity contribution in [2.45, 2.75) is 79.4 Å². The molecule has 0 saturated heterocycles. The first-order valence-corrected chi connectivity index (χ1v) is 9.41. The lowest BCUT2D eigenvalue weighted by molar-refractivity contribution is -0.170. The van der Waals surface area contributed by atoms with Gasteiger partial charge < -0.3 is 9.47 Å². The van der Waals surface area contributed by atoms with Gasteiger partial charge in [-0.1, -0.05) is 52.7 Å². The van der Waals surface area contributed by atoms with Crippen molar-refractivity contribution in [2.75, 3.05) is 0 Å². The number of hydrogen-bond donors (Lipinski definition) is 0. The van der Waals surface area contributed by atoms with Gasteiger partial charge in [0.2, 0.25) is 0 Å². The second-order valence-electron chi connectivity index (χ2n) is 7.23. The van der Waals surface area contributed by atoms with Crippen molar-refractivity contribution in [2.24, 2.45) is 23.7 Å². The molecule has 0 heterocycles. The Hall–Kier alpha value is -1.32. The number of carbonyl (C=O) groups is 2. The van der Waals surface area contributed by atoms with Gasteiger partial charge in [-0.05, 0) is 38.5 Å². The Morgan fingerprint density at radius 3 is 1.46 bits per heavy atom. The molecule has 0 spiro atoms. The third kappa shape index (κ3) is 5.64. The lowest BCUT2D eigenvalue weighted by Crippen LogP contribution is -2.43. The minimum atomic E-state index is -0.467. The van der Waals surface area contributed by atoms with Gasteiger partial charge in [-0.3, -0.25) is 9.59 Å². The summed E-state index contributed by atoms with van der Waals surface area (Å²) in [5, 5.41) is 0. The molecule has 0 N–H and O–H groups in total. The molecule has 1 aliphatic carbocycles. The molecule has 0 aliphatic heterocycles. The third-order valence-corrected chi connectivity index (χ3v) is 4.81. The van der Waals surface area contributed by atoms with Crippen LogP contribution in [0.3, 0.4) is 0 Å². The molecule has 4 heteroatoms. The summed E-state index contributed by atoms with van der Waals surface area (Å²) in [4.78, 5) is 25.4. The van der Waals surface area contributed by atoms with Crippen molar-refractivity contribution in [1.82, 2.24) is 0 Å². The van der Waals surface area contributed by atoms with E-state index in [2.05, 4.69) is 13.8 Å². The number of allylic oxidation sites excluding steroid dienone is 2. The predicted octanol–water partition coefficient (Wildman–Crippen LogP) is 4.52. The van der Waals surface area contributed by atoms with Crippen LogP contribution in [0.15, 0.2) is 12.2 Å². The van der Waals surface area contributed by atoms with Gasteiger partial charge in [0, 0.05) is 0 Å². The maximum atomic E-state index is 12.7. The molecule has 6 atom stereocenters. The fraction of sp³-hybridized carbons (Fsp3) is 0.800. The van der Waals surface area contributed by atoms with Crippen molar-refractivity contribution in [1.29, 1.82) is 0 Å². The molecule has 24 heavy (non-hydrogen) atoms. The zero-order valence-electron chi connectivity index (χ0n) is 16.1. The van der Waals surface area contributed by atoms with E-state index in [9.17, 15) is 9.59 Å². The van der Waals surface area contributed by atoms with Gasteiger partial charge >= 0.3 is 11.9 Å². The highest BCUT2D eigenvalue weighted by atomic mass is 16.6. The molecule has 0 aromatic rings. The van der Waals surface area contributed by atoms with Crippen LogP contribution in [0.25, 0.3) is 0 Å². The van der Waals surface area contributed by atoms with Gasteiger partial charge in [-0.2, -0.15) is 0 Å². The summed E-state index contributed by atoms with van der Waals surface area (Å²) in [7, 11) is 0. The Kier molecular flexibility index (Phi) is 8.51. The molecule has 0 saturated carbocycles. The molecule has 138 valence electrons. The Balaban J connectivity index is 2.89. The Bertz CT molecular complexity index is 403. The second kappa shape index (κ2) is 9.85. The summed E-state index contributed by atoms with van der Waals surface area (Å²) in [6.07, 6.45) is 7.39. The Morgan fingerprint density at radius 2 is 1.17 bits per heavy atom. The normalized spacial score (nSPS) is 28.9. The predicted molar refractivity (Wildman–Crippen MR) is 95.4 cm³/mol. The smallest absolute Gasteiger partial charge is 0.310 e. The highest BCUT2D eigenvalue weighted by Crippen LogP contribution is 2.36. The largest absolute Gasteiger partial charge is 0.462 e. The summed E-state index contributed by atoms with van der Waals surface area (Å²) in [6.45, 7) is 11.9. The minimum absolute atomic E-state index is 0.0263. The summed E-state index contributed by atoms with van der Waals surface area (Å²) < 4.78 is 11.2. The van der Waals surface area contributed by atoms with Crippen molar-refractivity contribution in [3.05, 3.63) is 12.2 Å². The minimum Gasteiger partial charge on any atom is -0.462 e. The Morgan fingerprint density at radius 1 is 0.833 bits per heavy atom. The molecule has 1 rings (SSSR count). The van der Waals surface area contributed by atoms with Crippen LogP contribution in [0.2, 0.25) is 0 Å². The number of carbonyl (C=O) groups excluding carboxylic acids is 2. The summed E-state index contributed by atoms with van der Waals surface area (Å²) >= 11 is 0. The number of esters is 2. The topological polar surface area (TPSA) is 52.6 Å². The molecule has 0 aromatic carbocycles. The number of hydrogen-bond acceptors (Lipinski definition) is 4. The average molecular weight is 338 g/mol. The maximum Gasteiger partial charge on any atom is 0.310 e. The van der Waals surface area contributed by atoms with Crippen LogP contribution in [0.1, 0.15) is 67.2 Å². The van der Waals surface area contributed by atoms with Crippen molar-refractivity contribution >= 4 is 11.9 Å². The molecule has 0 radical (unpaired) electrons. The van der Waals surface area contributed by atoms with E-state index < -0.39 is 11.8 Å². The van der Waals surface area contributed by atoms with E-state index in [1.165, 1.54) is 0 Å². The van der Waals surface area contributed by atoms with Gasteiger partial charge in [0.15, 0.2) is 0 Å². The van der Waals surface area contributed by atoms with Crippen LogP contribution in [-0.2, 0) is 19.1 Å². The Labute approximate surface area is 147 Å². The molecule has 0 amide bonds. The summed E-state index contributed by atoms with van der Waals surface area (Å²) in [5.41, 5.74) is 0. The van der Waals surface area contributed by atoms with Crippen LogP contribution >= 0.6 is 0 Å². The van der Waals surface area contributed by atoms with Crippen LogP contribution in [0.5, 0.6) is 0 Å². The molecule has 4 nitrogen and oxygen atoms in total. The highest BCUT2D eigenvalue weighted by Gasteiger charge is 2.44. The van der Waals surface area contributed by atoms with Crippen molar-refractivity contribution in [3.8, 4) is 0 Å². The standard InChI is InChI=1S/C20H34O4/c1-7-9-15(5)23-19(21)17-13(3)11-12-14(4)18(17)20(22)24-16(6)10-8-2/h11-18H,7-10H2,1-6H3. The van der Waals surface area contributed by atoms with Gasteiger partial charge in [0.1, 0.15) is 0 Å². The van der Waals surface area contributed by atoms with Gasteiger partial charge in [0.25, 0.3) is 0 Å². The van der Waals surface area contributed by atoms with Crippen LogP contribution in [0, 0.1) is 23.7 Å². The first-order valence-electron chi connectivity index (χ1n) is 9.41. The third-order valence-electron chi connectivity index (χ3n) is 4.81. The second-order valence-corrected chi connectivity index (χ2v) is 7.23. The zero-order valence-corrected chi connectivity index (χ0v) is 16.1. The molecule has 0 bridgehead atoms. The van der Waals surface area contributed by atoms with E-state index >= 15 is 0 Å². The highest BCUT2D eigenvalue weighted by molar-refractivity contribution is 5.83. The van der Waals surface area contributed by atoms with Crippen molar-refractivity contribution < 1.29 is 19.1 Å². The van der Waals surface area contributed by atoms with Crippen LogP contribution in [-0.4, -0.2) is 24.1 Å². The lowest BCUT2D eigenvalue weighted by Gasteiger charge is -2.35. The van der Waals surface area contributed by atoms with Crippen molar-refractivity contribution in [3.63, 3.8) is 0 Å². The fourth-order valence-corrected chi connectivity index (χ4v) is 3.45. The molecule has 0 aromatic heterocycles. The fourth-order valence-electron chi connectivity index (χ4n) is 3.45. The quantitative estimate of drug-likeness (QED) is 0.482. The van der Waals surface area contributed by atoms with E-state index in [1.54, 1.807) is 0 Å². The molecule has 1 aliphatic rings. The molecular weight excluding hydrogens is 304 g/mol. The average Bonchev–Trinajstić information content (AvgIpc) is 2.49. The summed E-state index contributed by atoms with van der Waals surface area (Å²) in [6, 6.07) is 0. The van der Waals surface area contributed by atoms with E-state index in [4.69, 9.17) is 9.47 Å². The van der Waals surface area contributed by atoms with Gasteiger partial charge in [0.05, 0.1) is 24.0 Å². The number of ether oxygens (including phenoxy) is 2. The first-order chi connectivity index (χ1) is 11.3. The van der Waals surface area contributed by atoms with E-state index in [0.717, 1.165) is 25.7 Å². The van der Waals surface area contributed by atoms with E-state index in [0.29, 0.717) is 0 Å². The zero-order chi connectivity index (χ0) is 18.3. The monoisotopic (exact) mass is 338 g/mol. The molecular formula is C20H34O4. The van der Waals surface area contributed by atoms with E-state index in [1.807, 2.05) is 39.8 Å². The van der Waals surface area contributed by atoms with Gasteiger partial charge in [-0.15, -0.1) is 0 Å². The molecule has 0 fully saturated rings. The summed E-state index contributed by atoms with van der Waals surface area (Å²) in [5.74, 6) is -1.53. The lowest BCUT2D eigenvalue weighted by atomic mass is 9.71. The van der Waals surface area contributed by atoms with Crippen LogP contribution < -0.4 is 0 Å². The van der Waals surface area contributed by atoms with Crippen LogP contribution in [0.4, 0.5) is 0 Å². The maximum absolute atomic E-state index is 12.7. The SMILES string of the molecule is CCCC(C)OC(=O)C1C(C)C=CC(C)C1C(=O)OC(C)CCC. The molecule has 6 unspecified atom stereocenters.